The average Bonchev–Trinajstić information content (AvgIpc) is 3.19. The van der Waals surface area contributed by atoms with E-state index in [9.17, 15) is 4.79 Å². The third-order valence-corrected chi connectivity index (χ3v) is 6.29. The lowest BCUT2D eigenvalue weighted by atomic mass is 9.92. The predicted octanol–water partition coefficient (Wildman–Crippen LogP) is 3.19. The molecule has 24 heavy (non-hydrogen) atoms. The van der Waals surface area contributed by atoms with E-state index in [0.29, 0.717) is 0 Å². The molecule has 5 heteroatoms. The monoisotopic (exact) mass is 341 g/mol. The molecule has 0 unspecified atom stereocenters. The summed E-state index contributed by atoms with van der Waals surface area (Å²) >= 11 is 1.63. The molecule has 4 rings (SSSR count). The predicted molar refractivity (Wildman–Crippen MR) is 97.3 cm³/mol. The zero-order valence-corrected chi connectivity index (χ0v) is 14.8. The Bertz CT molecular complexity index is 728. The number of amides is 1. The van der Waals surface area contributed by atoms with Gasteiger partial charge in [0.2, 0.25) is 0 Å². The molecule has 2 aliphatic rings. The van der Waals surface area contributed by atoms with Gasteiger partial charge in [0.05, 0.1) is 0 Å². The van der Waals surface area contributed by atoms with Gasteiger partial charge in [0.25, 0.3) is 5.91 Å². The second-order valence-electron chi connectivity index (χ2n) is 6.92. The number of hydrogen-bond acceptors (Lipinski definition) is 4. The zero-order valence-electron chi connectivity index (χ0n) is 14.0. The molecule has 1 aromatic heterocycles. The summed E-state index contributed by atoms with van der Waals surface area (Å²) in [4.78, 5) is 19.5. The number of nitrogens with zero attached hydrogens (tertiary/aromatic N) is 2. The van der Waals surface area contributed by atoms with E-state index in [4.69, 9.17) is 0 Å². The van der Waals surface area contributed by atoms with E-state index in [0.717, 1.165) is 72.7 Å². The van der Waals surface area contributed by atoms with E-state index >= 15 is 0 Å². The van der Waals surface area contributed by atoms with Gasteiger partial charge in [-0.1, -0.05) is 12.1 Å². The lowest BCUT2D eigenvalue weighted by Crippen LogP contribution is -2.32. The van der Waals surface area contributed by atoms with Crippen LogP contribution >= 0.6 is 11.3 Å². The number of fused-ring (bicyclic) bond motifs is 1. The van der Waals surface area contributed by atoms with Crippen LogP contribution in [0, 0.1) is 18.8 Å². The first-order chi connectivity index (χ1) is 11.7. The Morgan fingerprint density at radius 1 is 1.25 bits per heavy atom. The molecule has 2 aliphatic heterocycles. The number of hydrogen-bond donors (Lipinski definition) is 1. The Balaban J connectivity index is 1.52. The van der Waals surface area contributed by atoms with Crippen LogP contribution in [0.4, 0.5) is 0 Å². The fourth-order valence-electron chi connectivity index (χ4n) is 3.88. The number of carbonyl (C=O) groups is 1. The first-order valence-electron chi connectivity index (χ1n) is 8.73. The van der Waals surface area contributed by atoms with Crippen LogP contribution in [0.3, 0.4) is 0 Å². The molecule has 0 saturated carbocycles. The van der Waals surface area contributed by atoms with Crippen molar-refractivity contribution in [1.29, 1.82) is 0 Å². The molecule has 0 radical (unpaired) electrons. The van der Waals surface area contributed by atoms with Gasteiger partial charge in [0.15, 0.2) is 0 Å². The minimum atomic E-state index is 0.165. The Kier molecular flexibility index (Phi) is 4.37. The molecular formula is C19H23N3OS. The maximum atomic E-state index is 13.0. The quantitative estimate of drug-likeness (QED) is 0.912. The summed E-state index contributed by atoms with van der Waals surface area (Å²) in [5, 5.41) is 6.52. The number of benzene rings is 1. The summed E-state index contributed by atoms with van der Waals surface area (Å²) < 4.78 is 0. The van der Waals surface area contributed by atoms with E-state index in [1.165, 1.54) is 0 Å². The highest BCUT2D eigenvalue weighted by Gasteiger charge is 2.31. The molecule has 2 atom stereocenters. The van der Waals surface area contributed by atoms with Gasteiger partial charge in [-0.3, -0.25) is 4.79 Å². The van der Waals surface area contributed by atoms with Gasteiger partial charge in [-0.25, -0.2) is 4.98 Å². The van der Waals surface area contributed by atoms with Crippen LogP contribution in [0.1, 0.15) is 28.9 Å². The van der Waals surface area contributed by atoms with Gasteiger partial charge >= 0.3 is 0 Å². The number of aryl methyl sites for hydroxylation is 1. The summed E-state index contributed by atoms with van der Waals surface area (Å²) in [6.07, 6.45) is 2.24. The van der Waals surface area contributed by atoms with E-state index in [1.807, 2.05) is 41.5 Å². The van der Waals surface area contributed by atoms with Crippen LogP contribution in [-0.4, -0.2) is 42.0 Å². The molecule has 2 fully saturated rings. The molecule has 1 N–H and O–H groups in total. The van der Waals surface area contributed by atoms with Crippen molar-refractivity contribution in [2.45, 2.75) is 19.8 Å². The van der Waals surface area contributed by atoms with Gasteiger partial charge in [-0.2, -0.15) is 0 Å². The van der Waals surface area contributed by atoms with E-state index in [2.05, 4.69) is 10.3 Å². The first kappa shape index (κ1) is 15.8. The Morgan fingerprint density at radius 2 is 2.00 bits per heavy atom. The maximum absolute atomic E-state index is 13.0. The number of likely N-dealkylation sites (tertiary alicyclic amines) is 1. The van der Waals surface area contributed by atoms with Gasteiger partial charge in [-0.15, -0.1) is 11.3 Å². The normalized spacial score (nSPS) is 23.8. The van der Waals surface area contributed by atoms with Crippen LogP contribution in [-0.2, 0) is 0 Å². The van der Waals surface area contributed by atoms with Crippen LogP contribution in [0.25, 0.3) is 10.6 Å². The average molecular weight is 341 g/mol. The number of carbonyl (C=O) groups excluding carboxylic acids is 1. The van der Waals surface area contributed by atoms with Gasteiger partial charge in [-0.05, 0) is 56.8 Å². The molecule has 1 amide bonds. The highest BCUT2D eigenvalue weighted by molar-refractivity contribution is 7.13. The van der Waals surface area contributed by atoms with Gasteiger partial charge in [0, 0.05) is 35.3 Å². The minimum absolute atomic E-state index is 0.165. The molecule has 2 saturated heterocycles. The van der Waals surface area contributed by atoms with Crippen molar-refractivity contribution in [3.05, 3.63) is 40.9 Å². The van der Waals surface area contributed by atoms with Crippen molar-refractivity contribution >= 4 is 17.2 Å². The number of nitrogens with one attached hydrogen (secondary N) is 1. The fraction of sp³-hybridized carbons (Fsp3) is 0.474. The Morgan fingerprint density at radius 3 is 2.67 bits per heavy atom. The van der Waals surface area contributed by atoms with Crippen molar-refractivity contribution in [2.75, 3.05) is 26.2 Å². The molecule has 1 aromatic carbocycles. The second kappa shape index (κ2) is 6.65. The molecule has 0 bridgehead atoms. The Labute approximate surface area is 146 Å². The SMILES string of the molecule is Cc1csc(-c2cccc(C(=O)N3CC[C@@H]4CNC[C@@H]4CC3)c2)n1. The number of aromatic nitrogens is 1. The van der Waals surface area contributed by atoms with Gasteiger partial charge in [0.1, 0.15) is 5.01 Å². The fourth-order valence-corrected chi connectivity index (χ4v) is 4.67. The van der Waals surface area contributed by atoms with Crippen molar-refractivity contribution in [3.63, 3.8) is 0 Å². The van der Waals surface area contributed by atoms with Crippen LogP contribution < -0.4 is 5.32 Å². The summed E-state index contributed by atoms with van der Waals surface area (Å²) in [6, 6.07) is 7.93. The Hall–Kier alpha value is -1.72. The van der Waals surface area contributed by atoms with E-state index < -0.39 is 0 Å². The molecule has 0 spiro atoms. The minimum Gasteiger partial charge on any atom is -0.339 e. The first-order valence-corrected chi connectivity index (χ1v) is 9.61. The van der Waals surface area contributed by atoms with Crippen molar-refractivity contribution in [1.82, 2.24) is 15.2 Å². The highest BCUT2D eigenvalue weighted by atomic mass is 32.1. The summed E-state index contributed by atoms with van der Waals surface area (Å²) in [5.74, 6) is 1.65. The largest absolute Gasteiger partial charge is 0.339 e. The van der Waals surface area contributed by atoms with Crippen LogP contribution in [0.2, 0.25) is 0 Å². The van der Waals surface area contributed by atoms with Gasteiger partial charge < -0.3 is 10.2 Å². The standard InChI is InChI=1S/C19H23N3OS/c1-13-12-24-18(21-13)14-3-2-4-15(9-14)19(23)22-7-5-16-10-20-11-17(16)6-8-22/h2-4,9,12,16-17,20H,5-8,10-11H2,1H3/t16-,17+. The smallest absolute Gasteiger partial charge is 0.253 e. The summed E-state index contributed by atoms with van der Waals surface area (Å²) in [7, 11) is 0. The molecule has 126 valence electrons. The third-order valence-electron chi connectivity index (χ3n) is 5.28. The highest BCUT2D eigenvalue weighted by Crippen LogP contribution is 2.29. The summed E-state index contributed by atoms with van der Waals surface area (Å²) in [6.45, 7) is 5.99. The zero-order chi connectivity index (χ0) is 16.5. The van der Waals surface area contributed by atoms with Crippen molar-refractivity contribution < 1.29 is 4.79 Å². The van der Waals surface area contributed by atoms with E-state index in [-0.39, 0.29) is 5.91 Å². The van der Waals surface area contributed by atoms with E-state index in [1.54, 1.807) is 11.3 Å². The lowest BCUT2D eigenvalue weighted by Gasteiger charge is -2.21. The van der Waals surface area contributed by atoms with Crippen LogP contribution in [0.15, 0.2) is 29.6 Å². The third kappa shape index (κ3) is 3.10. The van der Waals surface area contributed by atoms with Crippen molar-refractivity contribution in [3.8, 4) is 10.6 Å². The molecule has 2 aromatic rings. The maximum Gasteiger partial charge on any atom is 0.253 e. The molecule has 4 nitrogen and oxygen atoms in total. The second-order valence-corrected chi connectivity index (χ2v) is 7.78. The lowest BCUT2D eigenvalue weighted by molar-refractivity contribution is 0.0758. The van der Waals surface area contributed by atoms with Crippen molar-refractivity contribution in [2.24, 2.45) is 11.8 Å². The topological polar surface area (TPSA) is 45.2 Å². The number of rotatable bonds is 2. The van der Waals surface area contributed by atoms with Crippen LogP contribution in [0.5, 0.6) is 0 Å². The molecule has 3 heterocycles. The number of thiazole rings is 1. The summed E-state index contributed by atoms with van der Waals surface area (Å²) in [5.41, 5.74) is 2.85. The molecular weight excluding hydrogens is 318 g/mol. The molecule has 0 aliphatic carbocycles.